The van der Waals surface area contributed by atoms with Gasteiger partial charge < -0.3 is 9.15 Å². The molecular formula is C8H9N3O3. The average Bonchev–Trinajstić information content (AvgIpc) is 2.53. The molecule has 0 fully saturated rings. The van der Waals surface area contributed by atoms with E-state index >= 15 is 0 Å². The van der Waals surface area contributed by atoms with Crippen LogP contribution in [0.1, 0.15) is 17.1 Å². The lowest BCUT2D eigenvalue weighted by atomic mass is 10.3. The number of azide groups is 1. The minimum absolute atomic E-state index is 0.103. The van der Waals surface area contributed by atoms with Crippen LogP contribution in [0.3, 0.4) is 0 Å². The number of furan rings is 1. The van der Waals surface area contributed by atoms with Crippen molar-refractivity contribution in [1.29, 1.82) is 0 Å². The fourth-order valence-electron chi connectivity index (χ4n) is 1.02. The zero-order chi connectivity index (χ0) is 10.4. The van der Waals surface area contributed by atoms with Crippen LogP contribution in [0.2, 0.25) is 0 Å². The smallest absolute Gasteiger partial charge is 0.293 e. The summed E-state index contributed by atoms with van der Waals surface area (Å²) in [6.07, 6.45) is 0. The highest BCUT2D eigenvalue weighted by Gasteiger charge is 2.06. The highest BCUT2D eigenvalue weighted by Crippen LogP contribution is 2.16. The van der Waals surface area contributed by atoms with E-state index in [9.17, 15) is 4.79 Å². The van der Waals surface area contributed by atoms with Gasteiger partial charge in [-0.3, -0.25) is 4.79 Å². The molecule has 0 amide bonds. The quantitative estimate of drug-likeness (QED) is 0.311. The van der Waals surface area contributed by atoms with Gasteiger partial charge in [-0.2, -0.15) is 0 Å². The molecule has 0 saturated heterocycles. The summed E-state index contributed by atoms with van der Waals surface area (Å²) in [6, 6.07) is 1.75. The molecule has 1 rings (SSSR count). The summed E-state index contributed by atoms with van der Waals surface area (Å²) in [7, 11) is 0. The molecule has 1 aromatic rings. The number of nitrogens with zero attached hydrogens (tertiary/aromatic N) is 3. The largest absolute Gasteiger partial charge is 0.462 e. The molecule has 0 bridgehead atoms. The maximum Gasteiger partial charge on any atom is 0.293 e. The second-order valence-corrected chi connectivity index (χ2v) is 2.62. The zero-order valence-corrected chi connectivity index (χ0v) is 7.64. The van der Waals surface area contributed by atoms with Gasteiger partial charge in [-0.05, 0) is 24.1 Å². The normalized spacial score (nSPS) is 9.21. The summed E-state index contributed by atoms with van der Waals surface area (Å²) in [6.45, 7) is 2.45. The lowest BCUT2D eigenvalue weighted by Gasteiger charge is -1.94. The van der Waals surface area contributed by atoms with Crippen molar-refractivity contribution in [3.05, 3.63) is 33.6 Å². The van der Waals surface area contributed by atoms with Gasteiger partial charge >= 0.3 is 0 Å². The molecule has 0 atom stereocenters. The van der Waals surface area contributed by atoms with Crippen molar-refractivity contribution in [2.75, 3.05) is 0 Å². The van der Waals surface area contributed by atoms with E-state index in [2.05, 4.69) is 14.8 Å². The second-order valence-electron chi connectivity index (χ2n) is 2.62. The van der Waals surface area contributed by atoms with Crippen molar-refractivity contribution >= 4 is 6.47 Å². The van der Waals surface area contributed by atoms with Gasteiger partial charge in [-0.15, -0.1) is 0 Å². The van der Waals surface area contributed by atoms with Crippen molar-refractivity contribution in [2.24, 2.45) is 5.11 Å². The van der Waals surface area contributed by atoms with Gasteiger partial charge in [-0.25, -0.2) is 0 Å². The fourth-order valence-corrected chi connectivity index (χ4v) is 1.02. The van der Waals surface area contributed by atoms with Crippen molar-refractivity contribution < 1.29 is 13.9 Å². The Labute approximate surface area is 80.1 Å². The number of hydrogen-bond donors (Lipinski definition) is 0. The predicted octanol–water partition coefficient (Wildman–Crippen LogP) is 2.07. The van der Waals surface area contributed by atoms with Crippen molar-refractivity contribution in [3.8, 4) is 0 Å². The Hall–Kier alpha value is -1.94. The van der Waals surface area contributed by atoms with Crippen molar-refractivity contribution in [3.63, 3.8) is 0 Å². The first-order valence-corrected chi connectivity index (χ1v) is 3.92. The highest BCUT2D eigenvalue weighted by atomic mass is 16.5. The average molecular weight is 195 g/mol. The van der Waals surface area contributed by atoms with E-state index in [1.807, 2.05) is 6.92 Å². The number of rotatable bonds is 5. The Bertz CT molecular complexity index is 366. The Kier molecular flexibility index (Phi) is 3.58. The Balaban J connectivity index is 2.70. The first-order chi connectivity index (χ1) is 6.77. The van der Waals surface area contributed by atoms with Gasteiger partial charge in [0.1, 0.15) is 18.1 Å². The SMILES string of the molecule is Cc1cc(CN=[N+]=[N-])oc1COC=O. The van der Waals surface area contributed by atoms with Crippen molar-refractivity contribution in [2.45, 2.75) is 20.1 Å². The van der Waals surface area contributed by atoms with Crippen LogP contribution < -0.4 is 0 Å². The van der Waals surface area contributed by atoms with E-state index in [0.717, 1.165) is 5.56 Å². The van der Waals surface area contributed by atoms with E-state index in [0.29, 0.717) is 18.0 Å². The molecule has 6 nitrogen and oxygen atoms in total. The summed E-state index contributed by atoms with van der Waals surface area (Å²) in [4.78, 5) is 12.5. The maximum atomic E-state index is 9.94. The minimum atomic E-state index is 0.103. The van der Waals surface area contributed by atoms with Crippen LogP contribution in [0.4, 0.5) is 0 Å². The van der Waals surface area contributed by atoms with Gasteiger partial charge in [0.15, 0.2) is 0 Å². The summed E-state index contributed by atoms with van der Waals surface area (Å²) in [5.41, 5.74) is 8.96. The molecule has 14 heavy (non-hydrogen) atoms. The van der Waals surface area contributed by atoms with Gasteiger partial charge in [0, 0.05) is 4.91 Å². The van der Waals surface area contributed by atoms with E-state index in [1.54, 1.807) is 6.07 Å². The van der Waals surface area contributed by atoms with Crippen LogP contribution in [-0.4, -0.2) is 6.47 Å². The molecule has 0 saturated carbocycles. The molecule has 0 aromatic carbocycles. The molecule has 1 heterocycles. The van der Waals surface area contributed by atoms with E-state index in [1.165, 1.54) is 0 Å². The van der Waals surface area contributed by atoms with Crippen LogP contribution in [0.15, 0.2) is 15.6 Å². The maximum absolute atomic E-state index is 9.94. The Morgan fingerprint density at radius 2 is 2.57 bits per heavy atom. The van der Waals surface area contributed by atoms with Crippen molar-refractivity contribution in [1.82, 2.24) is 0 Å². The molecule has 74 valence electrons. The molecule has 1 aromatic heterocycles. The van der Waals surface area contributed by atoms with Crippen LogP contribution in [0.25, 0.3) is 10.4 Å². The third-order valence-electron chi connectivity index (χ3n) is 1.64. The second kappa shape index (κ2) is 4.94. The monoisotopic (exact) mass is 195 g/mol. The minimum Gasteiger partial charge on any atom is -0.462 e. The standard InChI is InChI=1S/C8H9N3O3/c1-6-2-7(3-10-11-9)14-8(6)4-13-5-12/h2,5H,3-4H2,1H3. The topological polar surface area (TPSA) is 88.2 Å². The number of carbonyl (C=O) groups excluding carboxylic acids is 1. The summed E-state index contributed by atoms with van der Waals surface area (Å²) < 4.78 is 9.81. The molecule has 0 radical (unpaired) electrons. The lowest BCUT2D eigenvalue weighted by molar-refractivity contribution is -0.130. The molecule has 0 aliphatic carbocycles. The van der Waals surface area contributed by atoms with E-state index in [-0.39, 0.29) is 13.2 Å². The molecule has 0 aliphatic heterocycles. The molecule has 0 spiro atoms. The first kappa shape index (κ1) is 10.1. The predicted molar refractivity (Wildman–Crippen MR) is 47.1 cm³/mol. The fraction of sp³-hybridized carbons (Fsp3) is 0.375. The molecular weight excluding hydrogens is 186 g/mol. The van der Waals surface area contributed by atoms with Crippen LogP contribution in [0, 0.1) is 6.92 Å². The van der Waals surface area contributed by atoms with Gasteiger partial charge in [0.25, 0.3) is 6.47 Å². The molecule has 0 aliphatic rings. The van der Waals surface area contributed by atoms with Gasteiger partial charge in [-0.1, -0.05) is 5.11 Å². The molecule has 6 heteroatoms. The molecule has 0 N–H and O–H groups in total. The number of carbonyl (C=O) groups is 1. The lowest BCUT2D eigenvalue weighted by Crippen LogP contribution is -1.89. The third-order valence-corrected chi connectivity index (χ3v) is 1.64. The van der Waals surface area contributed by atoms with Gasteiger partial charge in [0.2, 0.25) is 0 Å². The van der Waals surface area contributed by atoms with Crippen LogP contribution in [0.5, 0.6) is 0 Å². The highest BCUT2D eigenvalue weighted by molar-refractivity contribution is 5.37. The van der Waals surface area contributed by atoms with Crippen LogP contribution in [-0.2, 0) is 22.7 Å². The summed E-state index contributed by atoms with van der Waals surface area (Å²) >= 11 is 0. The Morgan fingerprint density at radius 1 is 1.79 bits per heavy atom. The third kappa shape index (κ3) is 2.53. The van der Waals surface area contributed by atoms with Gasteiger partial charge in [0.05, 0.1) is 6.54 Å². The van der Waals surface area contributed by atoms with E-state index < -0.39 is 0 Å². The summed E-state index contributed by atoms with van der Waals surface area (Å²) in [5.74, 6) is 1.13. The number of aryl methyl sites for hydroxylation is 1. The zero-order valence-electron chi connectivity index (χ0n) is 7.64. The first-order valence-electron chi connectivity index (χ1n) is 3.92. The van der Waals surface area contributed by atoms with Crippen LogP contribution >= 0.6 is 0 Å². The number of ether oxygens (including phenoxy) is 1. The summed E-state index contributed by atoms with van der Waals surface area (Å²) in [5, 5.41) is 3.35. The van der Waals surface area contributed by atoms with E-state index in [4.69, 9.17) is 9.95 Å². The number of hydrogen-bond acceptors (Lipinski definition) is 4. The molecule has 0 unspecified atom stereocenters. The Morgan fingerprint density at radius 3 is 3.21 bits per heavy atom.